The number of hydrogen-bond acceptors (Lipinski definition) is 3. The highest BCUT2D eigenvalue weighted by molar-refractivity contribution is 5.79. The van der Waals surface area contributed by atoms with Crippen molar-refractivity contribution in [3.63, 3.8) is 0 Å². The second-order valence-electron chi connectivity index (χ2n) is 7.01. The Hall–Kier alpha value is -1.10. The zero-order chi connectivity index (χ0) is 15.0. The van der Waals surface area contributed by atoms with Crippen molar-refractivity contribution in [1.29, 1.82) is 0 Å². The summed E-state index contributed by atoms with van der Waals surface area (Å²) in [6.45, 7) is 1.74. The maximum Gasteiger partial charge on any atom is 0.306 e. The van der Waals surface area contributed by atoms with E-state index in [0.29, 0.717) is 24.9 Å². The topological polar surface area (TPSA) is 60.9 Å². The molecule has 2 unspecified atom stereocenters. The number of likely N-dealkylation sites (N-methyl/N-ethyl adjacent to an activating group) is 1. The molecule has 0 radical (unpaired) electrons. The van der Waals surface area contributed by atoms with Gasteiger partial charge in [-0.25, -0.2) is 0 Å². The molecule has 0 aromatic heterocycles. The Morgan fingerprint density at radius 2 is 1.52 bits per heavy atom. The lowest BCUT2D eigenvalue weighted by Crippen LogP contribution is -2.43. The molecule has 3 aliphatic rings. The van der Waals surface area contributed by atoms with Gasteiger partial charge in [-0.15, -0.1) is 0 Å². The first-order valence-corrected chi connectivity index (χ1v) is 8.29. The molecule has 5 heteroatoms. The largest absolute Gasteiger partial charge is 0.481 e. The minimum absolute atomic E-state index is 0.0579. The fourth-order valence-corrected chi connectivity index (χ4v) is 4.35. The molecular formula is C16H26N2O3. The van der Waals surface area contributed by atoms with Crippen LogP contribution in [0.5, 0.6) is 0 Å². The van der Waals surface area contributed by atoms with Crippen molar-refractivity contribution in [2.24, 2.45) is 11.8 Å². The van der Waals surface area contributed by atoms with Gasteiger partial charge in [0.2, 0.25) is 5.91 Å². The molecule has 21 heavy (non-hydrogen) atoms. The average Bonchev–Trinajstić information content (AvgIpc) is 2.71. The van der Waals surface area contributed by atoms with Gasteiger partial charge in [0.25, 0.3) is 0 Å². The van der Waals surface area contributed by atoms with E-state index in [2.05, 4.69) is 16.8 Å². The SMILES string of the molecule is CN1C2CCC1CN(C(=O)C1CCC(C(=O)O)CC1)CC2. The average molecular weight is 294 g/mol. The van der Waals surface area contributed by atoms with Crippen LogP contribution in [0.2, 0.25) is 0 Å². The van der Waals surface area contributed by atoms with Crippen LogP contribution in [-0.2, 0) is 9.59 Å². The second kappa shape index (κ2) is 5.95. The third kappa shape index (κ3) is 2.93. The number of hydrogen-bond donors (Lipinski definition) is 1. The van der Waals surface area contributed by atoms with E-state index in [-0.39, 0.29) is 17.7 Å². The number of carboxylic acids is 1. The minimum atomic E-state index is -0.699. The van der Waals surface area contributed by atoms with Crippen molar-refractivity contribution >= 4 is 11.9 Å². The Kier molecular flexibility index (Phi) is 4.20. The van der Waals surface area contributed by atoms with Crippen molar-refractivity contribution < 1.29 is 14.7 Å². The van der Waals surface area contributed by atoms with Gasteiger partial charge in [-0.2, -0.15) is 0 Å². The van der Waals surface area contributed by atoms with E-state index >= 15 is 0 Å². The van der Waals surface area contributed by atoms with Crippen LogP contribution in [0.3, 0.4) is 0 Å². The zero-order valence-corrected chi connectivity index (χ0v) is 12.8. The summed E-state index contributed by atoms with van der Waals surface area (Å²) in [5.74, 6) is -0.600. The molecule has 2 saturated heterocycles. The summed E-state index contributed by atoms with van der Waals surface area (Å²) in [5, 5.41) is 9.05. The van der Waals surface area contributed by atoms with E-state index in [1.54, 1.807) is 0 Å². The Bertz CT molecular complexity index is 418. The van der Waals surface area contributed by atoms with Crippen molar-refractivity contribution in [2.75, 3.05) is 20.1 Å². The third-order valence-corrected chi connectivity index (χ3v) is 5.89. The third-order valence-electron chi connectivity index (χ3n) is 5.89. The molecule has 0 spiro atoms. The maximum absolute atomic E-state index is 12.7. The fourth-order valence-electron chi connectivity index (χ4n) is 4.35. The van der Waals surface area contributed by atoms with E-state index in [9.17, 15) is 9.59 Å². The van der Waals surface area contributed by atoms with Gasteiger partial charge in [-0.3, -0.25) is 14.5 Å². The minimum Gasteiger partial charge on any atom is -0.481 e. The highest BCUT2D eigenvalue weighted by Crippen LogP contribution is 2.33. The van der Waals surface area contributed by atoms with E-state index in [1.165, 1.54) is 12.8 Å². The quantitative estimate of drug-likeness (QED) is 0.840. The number of rotatable bonds is 2. The Balaban J connectivity index is 1.57. The summed E-state index contributed by atoms with van der Waals surface area (Å²) in [4.78, 5) is 28.2. The molecule has 1 saturated carbocycles. The molecular weight excluding hydrogens is 268 g/mol. The summed E-state index contributed by atoms with van der Waals surface area (Å²) in [6, 6.07) is 1.17. The standard InChI is InChI=1S/C16H26N2O3/c1-17-13-6-7-14(17)10-18(9-8-13)15(19)11-2-4-12(5-3-11)16(20)21/h11-14H,2-10H2,1H3,(H,20,21). The summed E-state index contributed by atoms with van der Waals surface area (Å²) in [5.41, 5.74) is 0. The molecule has 0 aromatic carbocycles. The van der Waals surface area contributed by atoms with Gasteiger partial charge in [-0.05, 0) is 52.0 Å². The summed E-state index contributed by atoms with van der Waals surface area (Å²) >= 11 is 0. The number of carbonyl (C=O) groups is 2. The normalized spacial score (nSPS) is 37.3. The molecule has 1 aliphatic carbocycles. The van der Waals surface area contributed by atoms with Crippen LogP contribution in [0.4, 0.5) is 0 Å². The summed E-state index contributed by atoms with van der Waals surface area (Å²) < 4.78 is 0. The van der Waals surface area contributed by atoms with Crippen molar-refractivity contribution in [2.45, 2.75) is 57.0 Å². The van der Waals surface area contributed by atoms with Crippen LogP contribution < -0.4 is 0 Å². The number of carboxylic acid groups (broad SMARTS) is 1. The number of nitrogens with zero attached hydrogens (tertiary/aromatic N) is 2. The Labute approximate surface area is 126 Å². The van der Waals surface area contributed by atoms with Gasteiger partial charge in [-0.1, -0.05) is 0 Å². The van der Waals surface area contributed by atoms with Crippen molar-refractivity contribution in [3.8, 4) is 0 Å². The zero-order valence-electron chi connectivity index (χ0n) is 12.8. The van der Waals surface area contributed by atoms with Crippen LogP contribution in [0, 0.1) is 11.8 Å². The van der Waals surface area contributed by atoms with Gasteiger partial charge in [0.15, 0.2) is 0 Å². The monoisotopic (exact) mass is 294 g/mol. The Morgan fingerprint density at radius 1 is 0.905 bits per heavy atom. The molecule has 2 atom stereocenters. The summed E-state index contributed by atoms with van der Waals surface area (Å²) in [7, 11) is 2.19. The molecule has 0 aromatic rings. The first-order chi connectivity index (χ1) is 10.1. The highest BCUT2D eigenvalue weighted by Gasteiger charge is 2.38. The molecule has 118 valence electrons. The first-order valence-electron chi connectivity index (χ1n) is 8.29. The lowest BCUT2D eigenvalue weighted by atomic mass is 9.81. The van der Waals surface area contributed by atoms with Crippen molar-refractivity contribution in [1.82, 2.24) is 9.80 Å². The maximum atomic E-state index is 12.7. The predicted molar refractivity (Wildman–Crippen MR) is 78.9 cm³/mol. The predicted octanol–water partition coefficient (Wildman–Crippen LogP) is 1.57. The van der Waals surface area contributed by atoms with Gasteiger partial charge < -0.3 is 10.0 Å². The van der Waals surface area contributed by atoms with Gasteiger partial charge >= 0.3 is 5.97 Å². The van der Waals surface area contributed by atoms with Crippen LogP contribution in [-0.4, -0.2) is 59.0 Å². The highest BCUT2D eigenvalue weighted by atomic mass is 16.4. The van der Waals surface area contributed by atoms with E-state index in [0.717, 1.165) is 32.4 Å². The molecule has 3 fully saturated rings. The molecule has 1 N–H and O–H groups in total. The van der Waals surface area contributed by atoms with Gasteiger partial charge in [0.1, 0.15) is 0 Å². The Morgan fingerprint density at radius 3 is 2.19 bits per heavy atom. The van der Waals surface area contributed by atoms with Crippen LogP contribution in [0.1, 0.15) is 44.9 Å². The number of carbonyl (C=O) groups excluding carboxylic acids is 1. The summed E-state index contributed by atoms with van der Waals surface area (Å²) in [6.07, 6.45) is 6.37. The van der Waals surface area contributed by atoms with E-state index in [4.69, 9.17) is 5.11 Å². The number of aliphatic carboxylic acids is 1. The van der Waals surface area contributed by atoms with E-state index < -0.39 is 5.97 Å². The fraction of sp³-hybridized carbons (Fsp3) is 0.875. The molecule has 3 rings (SSSR count). The molecule has 1 amide bonds. The number of amides is 1. The smallest absolute Gasteiger partial charge is 0.306 e. The lowest BCUT2D eigenvalue weighted by molar-refractivity contribution is -0.145. The van der Waals surface area contributed by atoms with Crippen LogP contribution in [0.25, 0.3) is 0 Å². The lowest BCUT2D eigenvalue weighted by Gasteiger charge is -2.32. The van der Waals surface area contributed by atoms with E-state index in [1.807, 2.05) is 0 Å². The number of likely N-dealkylation sites (tertiary alicyclic amines) is 1. The molecule has 2 heterocycles. The molecule has 2 aliphatic heterocycles. The van der Waals surface area contributed by atoms with Gasteiger partial charge in [0.05, 0.1) is 5.92 Å². The van der Waals surface area contributed by atoms with Crippen molar-refractivity contribution in [3.05, 3.63) is 0 Å². The molecule has 5 nitrogen and oxygen atoms in total. The first kappa shape index (κ1) is 14.8. The molecule has 2 bridgehead atoms. The van der Waals surface area contributed by atoms with Gasteiger partial charge in [0, 0.05) is 31.1 Å². The number of fused-ring (bicyclic) bond motifs is 2. The van der Waals surface area contributed by atoms with Crippen LogP contribution in [0.15, 0.2) is 0 Å². The second-order valence-corrected chi connectivity index (χ2v) is 7.01. The van der Waals surface area contributed by atoms with Crippen LogP contribution >= 0.6 is 0 Å².